The Kier molecular flexibility index (Phi) is 8.27. The van der Waals surface area contributed by atoms with Gasteiger partial charge in [0, 0.05) is 51.9 Å². The molecule has 3 aliphatic heterocycles. The van der Waals surface area contributed by atoms with Crippen molar-refractivity contribution in [3.8, 4) is 5.75 Å². The molecule has 11 nitrogen and oxygen atoms in total. The van der Waals surface area contributed by atoms with Crippen LogP contribution < -0.4 is 4.74 Å². The molecule has 1 aromatic rings. The molecule has 2 atom stereocenters. The standard InChI is InChI=1S/C26H40N4O7S/c1-6-36-23(31)26-12-11-21(18-27(19-26)17-20-7-9-22(35-5)10-8-20)30(26)38(33,34)29-15-13-28(14-16-29)24(32)37-25(2,3)4/h7-10,21H,6,11-19H2,1-5H3. The third-order valence-electron chi connectivity index (χ3n) is 7.28. The Morgan fingerprint density at radius 3 is 2.32 bits per heavy atom. The maximum absolute atomic E-state index is 14.0. The quantitative estimate of drug-likeness (QED) is 0.473. The highest BCUT2D eigenvalue weighted by Gasteiger charge is 2.62. The molecule has 212 valence electrons. The lowest BCUT2D eigenvalue weighted by Crippen LogP contribution is -2.69. The van der Waals surface area contributed by atoms with Crippen molar-refractivity contribution >= 4 is 22.3 Å². The van der Waals surface area contributed by atoms with Crippen LogP contribution in [0.3, 0.4) is 0 Å². The summed E-state index contributed by atoms with van der Waals surface area (Å²) in [6.07, 6.45) is 0.534. The largest absolute Gasteiger partial charge is 0.497 e. The highest BCUT2D eigenvalue weighted by molar-refractivity contribution is 7.86. The maximum atomic E-state index is 14.0. The van der Waals surface area contributed by atoms with Crippen molar-refractivity contribution in [2.24, 2.45) is 0 Å². The number of hydrogen-bond donors (Lipinski definition) is 0. The molecule has 12 heteroatoms. The van der Waals surface area contributed by atoms with Gasteiger partial charge in [-0.25, -0.2) is 9.59 Å². The summed E-state index contributed by atoms with van der Waals surface area (Å²) in [6.45, 7) is 9.38. The normalized spacial score (nSPS) is 25.3. The average Bonchev–Trinajstić information content (AvgIpc) is 3.13. The first-order chi connectivity index (χ1) is 17.9. The summed E-state index contributed by atoms with van der Waals surface area (Å²) >= 11 is 0. The molecule has 38 heavy (non-hydrogen) atoms. The van der Waals surface area contributed by atoms with Crippen LogP contribution in [-0.2, 0) is 31.0 Å². The zero-order valence-electron chi connectivity index (χ0n) is 23.0. The van der Waals surface area contributed by atoms with E-state index in [1.807, 2.05) is 24.3 Å². The van der Waals surface area contributed by atoms with Crippen LogP contribution in [0.1, 0.15) is 46.1 Å². The van der Waals surface area contributed by atoms with E-state index < -0.39 is 33.4 Å². The average molecular weight is 553 g/mol. The fraction of sp³-hybridized carbons (Fsp3) is 0.692. The molecular formula is C26H40N4O7S. The first-order valence-electron chi connectivity index (χ1n) is 13.2. The molecule has 3 fully saturated rings. The number of rotatable bonds is 7. The van der Waals surface area contributed by atoms with Crippen molar-refractivity contribution < 1.29 is 32.2 Å². The molecule has 0 radical (unpaired) electrons. The number of nitrogens with zero attached hydrogens (tertiary/aromatic N) is 4. The molecule has 1 aromatic carbocycles. The van der Waals surface area contributed by atoms with Gasteiger partial charge in [0.1, 0.15) is 16.9 Å². The zero-order chi connectivity index (χ0) is 27.7. The van der Waals surface area contributed by atoms with Crippen LogP contribution in [0.4, 0.5) is 4.79 Å². The number of esters is 1. The van der Waals surface area contributed by atoms with Crippen molar-refractivity contribution in [1.29, 1.82) is 0 Å². The van der Waals surface area contributed by atoms with Crippen LogP contribution in [0.15, 0.2) is 24.3 Å². The van der Waals surface area contributed by atoms with Crippen LogP contribution in [0.5, 0.6) is 5.75 Å². The molecule has 0 N–H and O–H groups in total. The number of hydrogen-bond acceptors (Lipinski definition) is 8. The topological polar surface area (TPSA) is 109 Å². The van der Waals surface area contributed by atoms with Gasteiger partial charge in [-0.1, -0.05) is 12.1 Å². The number of likely N-dealkylation sites (tertiary alicyclic amines) is 1. The summed E-state index contributed by atoms with van der Waals surface area (Å²) in [5.41, 5.74) is -0.859. The lowest BCUT2D eigenvalue weighted by molar-refractivity contribution is -0.157. The van der Waals surface area contributed by atoms with E-state index in [9.17, 15) is 18.0 Å². The Morgan fingerprint density at radius 1 is 1.08 bits per heavy atom. The molecule has 0 aliphatic carbocycles. The minimum atomic E-state index is -3.99. The van der Waals surface area contributed by atoms with Gasteiger partial charge >= 0.3 is 12.1 Å². The van der Waals surface area contributed by atoms with Gasteiger partial charge < -0.3 is 19.1 Å². The number of piperazine rings is 2. The van der Waals surface area contributed by atoms with Gasteiger partial charge in [0.2, 0.25) is 0 Å². The second kappa shape index (κ2) is 11.0. The summed E-state index contributed by atoms with van der Waals surface area (Å²) in [5, 5.41) is 0. The molecule has 0 aromatic heterocycles. The molecule has 3 heterocycles. The van der Waals surface area contributed by atoms with Gasteiger partial charge in [0.15, 0.2) is 0 Å². The number of ether oxygens (including phenoxy) is 3. The van der Waals surface area contributed by atoms with E-state index in [1.165, 1.54) is 13.5 Å². The third kappa shape index (κ3) is 5.78. The lowest BCUT2D eigenvalue weighted by atomic mass is 9.96. The first kappa shape index (κ1) is 28.6. The zero-order valence-corrected chi connectivity index (χ0v) is 23.8. The predicted molar refractivity (Wildman–Crippen MR) is 141 cm³/mol. The molecular weight excluding hydrogens is 512 g/mol. The number of amides is 1. The number of methoxy groups -OCH3 is 1. The van der Waals surface area contributed by atoms with Gasteiger partial charge in [0.05, 0.1) is 13.7 Å². The number of carbonyl (C=O) groups excluding carboxylic acids is 2. The van der Waals surface area contributed by atoms with E-state index in [-0.39, 0.29) is 45.4 Å². The van der Waals surface area contributed by atoms with Crippen LogP contribution in [0.25, 0.3) is 0 Å². The molecule has 3 aliphatic rings. The van der Waals surface area contributed by atoms with E-state index in [0.717, 1.165) is 11.3 Å². The van der Waals surface area contributed by atoms with E-state index in [0.29, 0.717) is 25.9 Å². The second-order valence-corrected chi connectivity index (χ2v) is 12.9. The highest BCUT2D eigenvalue weighted by atomic mass is 32.2. The fourth-order valence-corrected chi connectivity index (χ4v) is 7.71. The van der Waals surface area contributed by atoms with Gasteiger partial charge in [-0.3, -0.25) is 4.90 Å². The van der Waals surface area contributed by atoms with Gasteiger partial charge in [0.25, 0.3) is 10.2 Å². The van der Waals surface area contributed by atoms with Crippen LogP contribution in [-0.4, -0.2) is 109 Å². The molecule has 0 saturated carbocycles. The molecule has 2 bridgehead atoms. The monoisotopic (exact) mass is 552 g/mol. The number of benzene rings is 1. The predicted octanol–water partition coefficient (Wildman–Crippen LogP) is 2.07. The fourth-order valence-electron chi connectivity index (χ4n) is 5.62. The van der Waals surface area contributed by atoms with Gasteiger partial charge in [-0.15, -0.1) is 0 Å². The van der Waals surface area contributed by atoms with E-state index in [2.05, 4.69) is 4.90 Å². The van der Waals surface area contributed by atoms with Crippen LogP contribution in [0.2, 0.25) is 0 Å². The molecule has 3 saturated heterocycles. The maximum Gasteiger partial charge on any atom is 0.410 e. The summed E-state index contributed by atoms with van der Waals surface area (Å²) in [5.74, 6) is 0.261. The Balaban J connectivity index is 1.52. The van der Waals surface area contributed by atoms with E-state index in [4.69, 9.17) is 14.2 Å². The Labute approximate surface area is 225 Å². The lowest BCUT2D eigenvalue weighted by Gasteiger charge is -2.48. The summed E-state index contributed by atoms with van der Waals surface area (Å²) < 4.78 is 47.0. The van der Waals surface area contributed by atoms with Gasteiger partial charge in [-0.05, 0) is 58.2 Å². The second-order valence-electron chi connectivity index (χ2n) is 11.1. The minimum Gasteiger partial charge on any atom is -0.497 e. The summed E-state index contributed by atoms with van der Waals surface area (Å²) in [7, 11) is -2.37. The van der Waals surface area contributed by atoms with Crippen LogP contribution >= 0.6 is 0 Å². The smallest absolute Gasteiger partial charge is 0.410 e. The van der Waals surface area contributed by atoms with E-state index >= 15 is 0 Å². The SMILES string of the molecule is CCOC(=O)C12CCC(CN(Cc3ccc(OC)cc3)C1)N2S(=O)(=O)N1CCN(C(=O)OC(C)(C)C)CC1. The van der Waals surface area contributed by atoms with Crippen LogP contribution in [0, 0.1) is 0 Å². The number of fused-ring (bicyclic) bond motifs is 2. The third-order valence-corrected chi connectivity index (χ3v) is 9.45. The highest BCUT2D eigenvalue weighted by Crippen LogP contribution is 2.43. The van der Waals surface area contributed by atoms with Crippen molar-refractivity contribution in [2.45, 2.75) is 64.3 Å². The van der Waals surface area contributed by atoms with Crippen molar-refractivity contribution in [3.05, 3.63) is 29.8 Å². The summed E-state index contributed by atoms with van der Waals surface area (Å²) in [6, 6.07) is 7.39. The van der Waals surface area contributed by atoms with Gasteiger partial charge in [-0.2, -0.15) is 17.0 Å². The van der Waals surface area contributed by atoms with Crippen molar-refractivity contribution in [3.63, 3.8) is 0 Å². The first-order valence-corrected chi connectivity index (χ1v) is 14.6. The molecule has 2 unspecified atom stereocenters. The van der Waals surface area contributed by atoms with E-state index in [1.54, 1.807) is 34.8 Å². The molecule has 1 amide bonds. The molecule has 4 rings (SSSR count). The summed E-state index contributed by atoms with van der Waals surface area (Å²) in [4.78, 5) is 29.6. The number of carbonyl (C=O) groups is 2. The Morgan fingerprint density at radius 2 is 1.74 bits per heavy atom. The van der Waals surface area contributed by atoms with Crippen molar-refractivity contribution in [1.82, 2.24) is 18.4 Å². The minimum absolute atomic E-state index is 0.138. The van der Waals surface area contributed by atoms with Crippen molar-refractivity contribution in [2.75, 3.05) is 53.0 Å². The molecule has 0 spiro atoms. The Bertz CT molecular complexity index is 1110. The Hall–Kier alpha value is -2.41.